The number of carbonyl (C=O) groups is 4. The van der Waals surface area contributed by atoms with E-state index in [1.54, 1.807) is 17.0 Å². The lowest BCUT2D eigenvalue weighted by molar-refractivity contribution is -0.134. The van der Waals surface area contributed by atoms with Crippen LogP contribution >= 0.6 is 0 Å². The summed E-state index contributed by atoms with van der Waals surface area (Å²) in [5, 5.41) is 0. The lowest BCUT2D eigenvalue weighted by atomic mass is 10.2. The molecule has 0 N–H and O–H groups in total. The van der Waals surface area contributed by atoms with Gasteiger partial charge < -0.3 is 9.64 Å². The largest absolute Gasteiger partial charge is 0.452 e. The molecule has 0 radical (unpaired) electrons. The number of anilines is 1. The number of hydrogen-bond acceptors (Lipinski definition) is 5. The molecule has 0 aliphatic carbocycles. The number of ether oxygens (including phenoxy) is 1. The topological polar surface area (TPSA) is 84.0 Å². The average molecular weight is 358 g/mol. The minimum atomic E-state index is -0.644. The summed E-state index contributed by atoms with van der Waals surface area (Å²) >= 11 is 0. The monoisotopic (exact) mass is 358 g/mol. The molecule has 0 unspecified atom stereocenters. The number of nitrogens with zero attached hydrogens (tertiary/aromatic N) is 2. The van der Waals surface area contributed by atoms with Gasteiger partial charge in [0.2, 0.25) is 11.8 Å². The fraction of sp³-hybridized carbons (Fsp3) is 0.474. The van der Waals surface area contributed by atoms with Crippen LogP contribution in [-0.4, -0.2) is 48.3 Å². The molecule has 2 aliphatic heterocycles. The molecular formula is C19H22N2O5. The summed E-state index contributed by atoms with van der Waals surface area (Å²) in [4.78, 5) is 50.9. The van der Waals surface area contributed by atoms with Crippen molar-refractivity contribution in [3.05, 3.63) is 29.8 Å². The van der Waals surface area contributed by atoms with Crippen LogP contribution in [0.3, 0.4) is 0 Å². The minimum Gasteiger partial charge on any atom is -0.452 e. The lowest BCUT2D eigenvalue weighted by Crippen LogP contribution is -2.35. The maximum Gasteiger partial charge on any atom is 0.338 e. The van der Waals surface area contributed by atoms with Crippen LogP contribution in [0, 0.1) is 0 Å². The number of benzene rings is 1. The third-order valence-corrected chi connectivity index (χ3v) is 4.68. The molecule has 2 aliphatic rings. The molecule has 7 nitrogen and oxygen atoms in total. The lowest BCUT2D eigenvalue weighted by Gasteiger charge is -2.20. The normalized spacial score (nSPS) is 18.0. The first-order valence-corrected chi connectivity index (χ1v) is 8.97. The highest BCUT2D eigenvalue weighted by Crippen LogP contribution is 2.23. The Morgan fingerprint density at radius 1 is 0.962 bits per heavy atom. The summed E-state index contributed by atoms with van der Waals surface area (Å²) < 4.78 is 5.14. The summed E-state index contributed by atoms with van der Waals surface area (Å²) in [6, 6.07) is 6.16. The van der Waals surface area contributed by atoms with Gasteiger partial charge in [-0.05, 0) is 31.0 Å². The van der Waals surface area contributed by atoms with E-state index in [0.29, 0.717) is 18.8 Å². The fourth-order valence-electron chi connectivity index (χ4n) is 3.26. The van der Waals surface area contributed by atoms with Crippen LogP contribution in [0.25, 0.3) is 0 Å². The zero-order chi connectivity index (χ0) is 18.5. The molecule has 2 heterocycles. The standard InChI is InChI=1S/C19H22N2O5/c22-16-8-9-17(23)21(16)15-7-5-6-14(12-15)19(25)26-13-18(24)20-10-3-1-2-4-11-20/h5-7,12H,1-4,8-11,13H2. The van der Waals surface area contributed by atoms with E-state index < -0.39 is 5.97 Å². The first-order chi connectivity index (χ1) is 12.6. The van der Waals surface area contributed by atoms with Crippen molar-refractivity contribution in [2.45, 2.75) is 38.5 Å². The second kappa shape index (κ2) is 8.12. The van der Waals surface area contributed by atoms with Gasteiger partial charge in [-0.1, -0.05) is 18.9 Å². The predicted molar refractivity (Wildman–Crippen MR) is 93.5 cm³/mol. The molecule has 0 saturated carbocycles. The summed E-state index contributed by atoms with van der Waals surface area (Å²) in [7, 11) is 0. The smallest absolute Gasteiger partial charge is 0.338 e. The van der Waals surface area contributed by atoms with Crippen molar-refractivity contribution in [3.8, 4) is 0 Å². The Balaban J connectivity index is 1.61. The van der Waals surface area contributed by atoms with Crippen LogP contribution in [0.2, 0.25) is 0 Å². The first-order valence-electron chi connectivity index (χ1n) is 8.97. The predicted octanol–water partition coefficient (Wildman–Crippen LogP) is 1.90. The van der Waals surface area contributed by atoms with Crippen LogP contribution in [0.1, 0.15) is 48.9 Å². The van der Waals surface area contributed by atoms with E-state index >= 15 is 0 Å². The third-order valence-electron chi connectivity index (χ3n) is 4.68. The number of carbonyl (C=O) groups excluding carboxylic acids is 4. The molecule has 26 heavy (non-hydrogen) atoms. The summed E-state index contributed by atoms with van der Waals surface area (Å²) in [6.07, 6.45) is 4.53. The van der Waals surface area contributed by atoms with Gasteiger partial charge in [-0.2, -0.15) is 0 Å². The zero-order valence-corrected chi connectivity index (χ0v) is 14.6. The number of rotatable bonds is 4. The highest BCUT2D eigenvalue weighted by Gasteiger charge is 2.30. The molecule has 7 heteroatoms. The van der Waals surface area contributed by atoms with Crippen LogP contribution in [-0.2, 0) is 19.1 Å². The van der Waals surface area contributed by atoms with E-state index in [9.17, 15) is 19.2 Å². The summed E-state index contributed by atoms with van der Waals surface area (Å²) in [6.45, 7) is 1.10. The van der Waals surface area contributed by atoms with E-state index in [4.69, 9.17) is 4.74 Å². The molecule has 1 aromatic carbocycles. The molecule has 0 atom stereocenters. The molecule has 3 rings (SSSR count). The summed E-state index contributed by atoms with van der Waals surface area (Å²) in [5.74, 6) is -1.40. The number of amides is 3. The Bertz CT molecular complexity index is 706. The van der Waals surface area contributed by atoms with Gasteiger partial charge in [0.25, 0.3) is 5.91 Å². The minimum absolute atomic E-state index is 0.178. The van der Waals surface area contributed by atoms with Crippen molar-refractivity contribution in [1.29, 1.82) is 0 Å². The second-order valence-corrected chi connectivity index (χ2v) is 6.54. The average Bonchev–Trinajstić information content (AvgIpc) is 2.85. The molecule has 0 aromatic heterocycles. The maximum absolute atomic E-state index is 12.2. The molecule has 1 aromatic rings. The van der Waals surface area contributed by atoms with E-state index in [0.717, 1.165) is 30.6 Å². The van der Waals surface area contributed by atoms with Crippen molar-refractivity contribution < 1.29 is 23.9 Å². The number of imide groups is 1. The Labute approximate surface area is 151 Å². The molecule has 2 saturated heterocycles. The van der Waals surface area contributed by atoms with E-state index in [1.165, 1.54) is 12.1 Å². The Hall–Kier alpha value is -2.70. The Kier molecular flexibility index (Phi) is 5.65. The van der Waals surface area contributed by atoms with E-state index in [2.05, 4.69) is 0 Å². The van der Waals surface area contributed by atoms with Gasteiger partial charge in [-0.15, -0.1) is 0 Å². The quantitative estimate of drug-likeness (QED) is 0.606. The number of hydrogen-bond donors (Lipinski definition) is 0. The molecular weight excluding hydrogens is 336 g/mol. The van der Waals surface area contributed by atoms with Crippen LogP contribution < -0.4 is 4.90 Å². The summed E-state index contributed by atoms with van der Waals surface area (Å²) in [5.41, 5.74) is 0.560. The van der Waals surface area contributed by atoms with Gasteiger partial charge in [0.1, 0.15) is 0 Å². The van der Waals surface area contributed by atoms with Gasteiger partial charge in [0.15, 0.2) is 6.61 Å². The van der Waals surface area contributed by atoms with Crippen molar-refractivity contribution >= 4 is 29.4 Å². The van der Waals surface area contributed by atoms with Gasteiger partial charge >= 0.3 is 5.97 Å². The Morgan fingerprint density at radius 3 is 2.27 bits per heavy atom. The SMILES string of the molecule is O=C(OCC(=O)N1CCCCCC1)c1cccc(N2C(=O)CCC2=O)c1. The highest BCUT2D eigenvalue weighted by atomic mass is 16.5. The molecule has 0 bridgehead atoms. The molecule has 0 spiro atoms. The maximum atomic E-state index is 12.2. The number of likely N-dealkylation sites (tertiary alicyclic amines) is 1. The van der Waals surface area contributed by atoms with Gasteiger partial charge in [-0.3, -0.25) is 19.3 Å². The third kappa shape index (κ3) is 4.09. The van der Waals surface area contributed by atoms with Gasteiger partial charge in [-0.25, -0.2) is 4.79 Å². The first kappa shape index (κ1) is 18.1. The van der Waals surface area contributed by atoms with Crippen molar-refractivity contribution in [2.75, 3.05) is 24.6 Å². The van der Waals surface area contributed by atoms with Crippen LogP contribution in [0.15, 0.2) is 24.3 Å². The number of esters is 1. The van der Waals surface area contributed by atoms with Crippen molar-refractivity contribution in [3.63, 3.8) is 0 Å². The molecule has 138 valence electrons. The van der Waals surface area contributed by atoms with Crippen LogP contribution in [0.5, 0.6) is 0 Å². The zero-order valence-electron chi connectivity index (χ0n) is 14.6. The van der Waals surface area contributed by atoms with Crippen molar-refractivity contribution in [1.82, 2.24) is 4.90 Å². The van der Waals surface area contributed by atoms with Gasteiger partial charge in [0, 0.05) is 25.9 Å². The van der Waals surface area contributed by atoms with Gasteiger partial charge in [0.05, 0.1) is 11.3 Å². The van der Waals surface area contributed by atoms with Crippen LogP contribution in [0.4, 0.5) is 5.69 Å². The van der Waals surface area contributed by atoms with E-state index in [1.807, 2.05) is 0 Å². The highest BCUT2D eigenvalue weighted by molar-refractivity contribution is 6.20. The Morgan fingerprint density at radius 2 is 1.62 bits per heavy atom. The molecule has 3 amide bonds. The molecule has 2 fully saturated rings. The van der Waals surface area contributed by atoms with E-state index in [-0.39, 0.29) is 42.7 Å². The second-order valence-electron chi connectivity index (χ2n) is 6.54. The fourth-order valence-corrected chi connectivity index (χ4v) is 3.26. The van der Waals surface area contributed by atoms with Crippen molar-refractivity contribution in [2.24, 2.45) is 0 Å².